The molecule has 0 saturated carbocycles. The van der Waals surface area contributed by atoms with Gasteiger partial charge in [0.2, 0.25) is 0 Å². The van der Waals surface area contributed by atoms with Gasteiger partial charge in [-0.2, -0.15) is 5.10 Å². The van der Waals surface area contributed by atoms with Crippen molar-refractivity contribution in [1.29, 1.82) is 0 Å². The van der Waals surface area contributed by atoms with E-state index in [1.165, 1.54) is 0 Å². The average Bonchev–Trinajstić information content (AvgIpc) is 3.09. The maximum absolute atomic E-state index is 12.4. The molecule has 4 rings (SSSR count). The molecule has 7 heteroatoms. The fourth-order valence-electron chi connectivity index (χ4n) is 3.11. The van der Waals surface area contributed by atoms with Crippen LogP contribution in [-0.2, 0) is 6.42 Å². The number of nitrogens with one attached hydrogen (secondary N) is 3. The number of carbonyl (C=O) groups excluding carboxylic acids is 1. The summed E-state index contributed by atoms with van der Waals surface area (Å²) in [6.07, 6.45) is 2.50. The number of fused-ring (bicyclic) bond motifs is 1. The van der Waals surface area contributed by atoms with Crippen LogP contribution in [0.4, 0.5) is 22.1 Å². The Morgan fingerprint density at radius 2 is 1.89 bits per heavy atom. The van der Waals surface area contributed by atoms with Crippen molar-refractivity contribution >= 4 is 34.3 Å². The Hall–Kier alpha value is -3.87. The maximum Gasteiger partial charge on any atom is 0.324 e. The molecule has 2 aromatic heterocycles. The molecule has 5 N–H and O–H groups in total. The molecule has 0 fully saturated rings. The Kier molecular flexibility index (Phi) is 4.63. The van der Waals surface area contributed by atoms with E-state index in [1.807, 2.05) is 61.5 Å². The third-order valence-corrected chi connectivity index (χ3v) is 4.57. The highest BCUT2D eigenvalue weighted by Gasteiger charge is 2.09. The molecule has 0 spiro atoms. The van der Waals surface area contributed by atoms with Crippen LogP contribution in [-0.4, -0.2) is 21.2 Å². The van der Waals surface area contributed by atoms with Gasteiger partial charge in [-0.15, -0.1) is 0 Å². The summed E-state index contributed by atoms with van der Waals surface area (Å²) in [4.78, 5) is 16.6. The number of aromatic nitrogens is 3. The topological polar surface area (TPSA) is 109 Å². The SMILES string of the molecule is CCc1ccccc1NC(=O)Nc1cc(-c2ccc3[nH]nc(N)c3c2)ccn1. The Morgan fingerprint density at radius 1 is 1.07 bits per heavy atom. The number of aryl methyl sites for hydroxylation is 1. The van der Waals surface area contributed by atoms with E-state index in [2.05, 4.69) is 25.8 Å². The van der Waals surface area contributed by atoms with Crippen LogP contribution in [0.2, 0.25) is 0 Å². The molecule has 2 aromatic carbocycles. The van der Waals surface area contributed by atoms with Crippen LogP contribution in [0.15, 0.2) is 60.8 Å². The Labute approximate surface area is 162 Å². The highest BCUT2D eigenvalue weighted by Crippen LogP contribution is 2.27. The van der Waals surface area contributed by atoms with E-state index in [-0.39, 0.29) is 6.03 Å². The van der Waals surface area contributed by atoms with Crippen LogP contribution in [0.1, 0.15) is 12.5 Å². The summed E-state index contributed by atoms with van der Waals surface area (Å²) in [5, 5.41) is 13.4. The maximum atomic E-state index is 12.4. The smallest absolute Gasteiger partial charge is 0.324 e. The molecule has 0 aliphatic rings. The van der Waals surface area contributed by atoms with Gasteiger partial charge in [-0.25, -0.2) is 9.78 Å². The lowest BCUT2D eigenvalue weighted by Crippen LogP contribution is -2.20. The second kappa shape index (κ2) is 7.40. The van der Waals surface area contributed by atoms with Crippen molar-refractivity contribution in [3.63, 3.8) is 0 Å². The van der Waals surface area contributed by atoms with Gasteiger partial charge in [-0.05, 0) is 53.4 Å². The molecule has 0 atom stereocenters. The van der Waals surface area contributed by atoms with Crippen LogP contribution in [0, 0.1) is 0 Å². The van der Waals surface area contributed by atoms with E-state index in [4.69, 9.17) is 5.73 Å². The van der Waals surface area contributed by atoms with Gasteiger partial charge < -0.3 is 11.1 Å². The largest absolute Gasteiger partial charge is 0.382 e. The summed E-state index contributed by atoms with van der Waals surface area (Å²) < 4.78 is 0. The zero-order valence-electron chi connectivity index (χ0n) is 15.4. The number of nitrogens with zero attached hydrogens (tertiary/aromatic N) is 2. The average molecular weight is 372 g/mol. The molecule has 28 heavy (non-hydrogen) atoms. The van der Waals surface area contributed by atoms with Gasteiger partial charge >= 0.3 is 6.03 Å². The zero-order valence-corrected chi connectivity index (χ0v) is 15.4. The monoisotopic (exact) mass is 372 g/mol. The highest BCUT2D eigenvalue weighted by atomic mass is 16.2. The van der Waals surface area contributed by atoms with Gasteiger partial charge in [-0.3, -0.25) is 10.4 Å². The van der Waals surface area contributed by atoms with E-state index in [1.54, 1.807) is 6.20 Å². The minimum Gasteiger partial charge on any atom is -0.382 e. The number of anilines is 3. The molecular weight excluding hydrogens is 352 g/mol. The summed E-state index contributed by atoms with van der Waals surface area (Å²) >= 11 is 0. The van der Waals surface area contributed by atoms with E-state index in [9.17, 15) is 4.79 Å². The summed E-state index contributed by atoms with van der Waals surface area (Å²) in [6, 6.07) is 17.0. The molecule has 0 bridgehead atoms. The minimum absolute atomic E-state index is 0.333. The predicted octanol–water partition coefficient (Wildman–Crippen LogP) is 4.41. The summed E-state index contributed by atoms with van der Waals surface area (Å²) in [6.45, 7) is 2.05. The first-order chi connectivity index (χ1) is 13.6. The molecule has 140 valence electrons. The Morgan fingerprint density at radius 3 is 2.75 bits per heavy atom. The molecular formula is C21H20N6O. The van der Waals surface area contributed by atoms with Gasteiger partial charge in [0.05, 0.1) is 5.52 Å². The fraction of sp³-hybridized carbons (Fsp3) is 0.0952. The molecule has 0 aliphatic carbocycles. The second-order valence-electron chi connectivity index (χ2n) is 6.39. The van der Waals surface area contributed by atoms with Crippen LogP contribution in [0.25, 0.3) is 22.0 Å². The molecule has 4 aromatic rings. The lowest BCUT2D eigenvalue weighted by atomic mass is 10.0. The fourth-order valence-corrected chi connectivity index (χ4v) is 3.11. The first-order valence-corrected chi connectivity index (χ1v) is 9.00. The quantitative estimate of drug-likeness (QED) is 0.425. The number of hydrogen-bond acceptors (Lipinski definition) is 4. The number of rotatable bonds is 4. The van der Waals surface area contributed by atoms with Crippen molar-refractivity contribution in [1.82, 2.24) is 15.2 Å². The van der Waals surface area contributed by atoms with E-state index in [0.29, 0.717) is 11.6 Å². The lowest BCUT2D eigenvalue weighted by molar-refractivity contribution is 0.262. The molecule has 0 aliphatic heterocycles. The van der Waals surface area contributed by atoms with Crippen LogP contribution in [0.5, 0.6) is 0 Å². The van der Waals surface area contributed by atoms with Crippen molar-refractivity contribution < 1.29 is 4.79 Å². The number of amides is 2. The molecule has 0 saturated heterocycles. The number of H-pyrrole nitrogens is 1. The summed E-state index contributed by atoms with van der Waals surface area (Å²) in [7, 11) is 0. The third kappa shape index (κ3) is 3.50. The second-order valence-corrected chi connectivity index (χ2v) is 6.39. The first kappa shape index (κ1) is 17.5. The van der Waals surface area contributed by atoms with Crippen molar-refractivity contribution in [2.75, 3.05) is 16.4 Å². The van der Waals surface area contributed by atoms with E-state index >= 15 is 0 Å². The normalized spacial score (nSPS) is 10.8. The number of nitrogen functional groups attached to an aromatic ring is 1. The number of aromatic amines is 1. The van der Waals surface area contributed by atoms with Crippen LogP contribution in [0.3, 0.4) is 0 Å². The van der Waals surface area contributed by atoms with Gasteiger partial charge in [0, 0.05) is 17.3 Å². The number of hydrogen-bond donors (Lipinski definition) is 4. The van der Waals surface area contributed by atoms with Gasteiger partial charge in [-0.1, -0.05) is 31.2 Å². The van der Waals surface area contributed by atoms with E-state index < -0.39 is 0 Å². The van der Waals surface area contributed by atoms with Crippen molar-refractivity contribution in [3.05, 3.63) is 66.4 Å². The van der Waals surface area contributed by atoms with Crippen molar-refractivity contribution in [2.45, 2.75) is 13.3 Å². The van der Waals surface area contributed by atoms with Gasteiger partial charge in [0.25, 0.3) is 0 Å². The van der Waals surface area contributed by atoms with Crippen molar-refractivity contribution in [3.8, 4) is 11.1 Å². The molecule has 7 nitrogen and oxygen atoms in total. The third-order valence-electron chi connectivity index (χ3n) is 4.57. The molecule has 0 unspecified atom stereocenters. The first-order valence-electron chi connectivity index (χ1n) is 9.00. The summed E-state index contributed by atoms with van der Waals surface area (Å²) in [5.74, 6) is 0.919. The Balaban J connectivity index is 1.54. The highest BCUT2D eigenvalue weighted by molar-refractivity contribution is 6.00. The predicted molar refractivity (Wildman–Crippen MR) is 112 cm³/mol. The van der Waals surface area contributed by atoms with E-state index in [0.717, 1.165) is 39.7 Å². The number of nitrogens with two attached hydrogens (primary N) is 1. The van der Waals surface area contributed by atoms with Crippen LogP contribution >= 0.6 is 0 Å². The van der Waals surface area contributed by atoms with Gasteiger partial charge in [0.15, 0.2) is 5.82 Å². The molecule has 2 heterocycles. The number of carbonyl (C=O) groups is 1. The zero-order chi connectivity index (χ0) is 19.5. The number of urea groups is 1. The molecule has 2 amide bonds. The minimum atomic E-state index is -0.333. The summed E-state index contributed by atoms with van der Waals surface area (Å²) in [5.41, 5.74) is 10.5. The van der Waals surface area contributed by atoms with Gasteiger partial charge in [0.1, 0.15) is 5.82 Å². The Bertz CT molecular complexity index is 1150. The number of para-hydroxylation sites is 1. The van der Waals surface area contributed by atoms with Crippen molar-refractivity contribution in [2.24, 2.45) is 0 Å². The number of benzene rings is 2. The lowest BCUT2D eigenvalue weighted by Gasteiger charge is -2.11. The standard InChI is InChI=1S/C21H20N6O/c1-2-13-5-3-4-6-17(13)24-21(28)25-19-12-15(9-10-23-19)14-7-8-18-16(11-14)20(22)27-26-18/h3-12H,2H2,1H3,(H3,22,26,27)(H2,23,24,25,28). The van der Waals surface area contributed by atoms with Crippen LogP contribution < -0.4 is 16.4 Å². The number of pyridine rings is 1. The molecule has 0 radical (unpaired) electrons.